The summed E-state index contributed by atoms with van der Waals surface area (Å²) in [5, 5.41) is 8.42. The molecule has 9 nitrogen and oxygen atoms in total. The van der Waals surface area contributed by atoms with E-state index in [1.165, 1.54) is 20.3 Å². The lowest BCUT2D eigenvalue weighted by molar-refractivity contribution is -0.134. The summed E-state index contributed by atoms with van der Waals surface area (Å²) in [5.74, 6) is -2.75. The number of anilines is 1. The van der Waals surface area contributed by atoms with Crippen LogP contribution in [-0.2, 0) is 14.8 Å². The van der Waals surface area contributed by atoms with Crippen molar-refractivity contribution in [2.24, 2.45) is 0 Å². The Labute approximate surface area is 103 Å². The van der Waals surface area contributed by atoms with Gasteiger partial charge < -0.3 is 14.6 Å². The summed E-state index contributed by atoms with van der Waals surface area (Å²) in [6, 6.07) is 1.34. The highest BCUT2D eigenvalue weighted by atomic mass is 32.2. The van der Waals surface area contributed by atoms with E-state index in [0.717, 1.165) is 0 Å². The normalized spacial score (nSPS) is 10.8. The standard InChI is InChI=1S/C8H11N3O6S/c1-16-5-3-6(17-2)10-8(9-5)11-18(14,15)4-7(12)13/h3H,4H2,1-2H3,(H,12,13)(H,9,10,11). The van der Waals surface area contributed by atoms with Crippen LogP contribution in [-0.4, -0.2) is 49.4 Å². The first kappa shape index (κ1) is 14.0. The number of nitrogens with one attached hydrogen (secondary N) is 1. The van der Waals surface area contributed by atoms with E-state index >= 15 is 0 Å². The molecule has 0 atom stereocenters. The van der Waals surface area contributed by atoms with Gasteiger partial charge >= 0.3 is 5.97 Å². The summed E-state index contributed by atoms with van der Waals surface area (Å²) in [5.41, 5.74) is 0. The summed E-state index contributed by atoms with van der Waals surface area (Å²) in [6.07, 6.45) is 0. The van der Waals surface area contributed by atoms with Gasteiger partial charge in [0.05, 0.1) is 20.3 Å². The molecule has 1 heterocycles. The van der Waals surface area contributed by atoms with Gasteiger partial charge in [0, 0.05) is 0 Å². The van der Waals surface area contributed by atoms with Crippen LogP contribution in [0.15, 0.2) is 6.07 Å². The Kier molecular flexibility index (Phi) is 4.26. The Morgan fingerprint density at radius 1 is 1.33 bits per heavy atom. The number of carboxylic acid groups (broad SMARTS) is 1. The molecule has 0 aliphatic heterocycles. The van der Waals surface area contributed by atoms with E-state index < -0.39 is 21.7 Å². The molecule has 0 saturated heterocycles. The van der Waals surface area contributed by atoms with Gasteiger partial charge in [-0.2, -0.15) is 9.97 Å². The van der Waals surface area contributed by atoms with Crippen molar-refractivity contribution in [1.29, 1.82) is 0 Å². The Bertz CT molecular complexity index is 522. The van der Waals surface area contributed by atoms with Gasteiger partial charge in [-0.05, 0) is 0 Å². The van der Waals surface area contributed by atoms with Crippen molar-refractivity contribution in [3.63, 3.8) is 0 Å². The predicted molar refractivity (Wildman–Crippen MR) is 60.2 cm³/mol. The summed E-state index contributed by atoms with van der Waals surface area (Å²) in [4.78, 5) is 17.7. The van der Waals surface area contributed by atoms with Crippen molar-refractivity contribution in [1.82, 2.24) is 9.97 Å². The van der Waals surface area contributed by atoms with Crippen molar-refractivity contribution >= 4 is 21.9 Å². The molecule has 100 valence electrons. The number of aliphatic carboxylic acids is 1. The monoisotopic (exact) mass is 277 g/mol. The van der Waals surface area contributed by atoms with Crippen LogP contribution in [0.4, 0.5) is 5.95 Å². The number of aromatic nitrogens is 2. The molecule has 0 spiro atoms. The quantitative estimate of drug-likeness (QED) is 0.700. The molecular weight excluding hydrogens is 266 g/mol. The topological polar surface area (TPSA) is 128 Å². The summed E-state index contributed by atoms with van der Waals surface area (Å²) < 4.78 is 34.2. The first-order valence-corrected chi connectivity index (χ1v) is 6.21. The third-order valence-electron chi connectivity index (χ3n) is 1.66. The fourth-order valence-electron chi connectivity index (χ4n) is 0.996. The first-order valence-electron chi connectivity index (χ1n) is 4.55. The highest BCUT2D eigenvalue weighted by Crippen LogP contribution is 2.17. The van der Waals surface area contributed by atoms with Crippen LogP contribution in [0.25, 0.3) is 0 Å². The van der Waals surface area contributed by atoms with Gasteiger partial charge in [0.2, 0.25) is 27.7 Å². The minimum Gasteiger partial charge on any atom is -0.481 e. The maximum Gasteiger partial charge on any atom is 0.320 e. The number of carboxylic acids is 1. The zero-order valence-corrected chi connectivity index (χ0v) is 10.4. The third-order valence-corrected chi connectivity index (χ3v) is 2.78. The lowest BCUT2D eigenvalue weighted by atomic mass is 10.6. The Hall–Kier alpha value is -2.10. The molecule has 0 unspecified atom stereocenters. The van der Waals surface area contributed by atoms with Crippen LogP contribution in [0, 0.1) is 0 Å². The molecule has 1 rings (SSSR count). The molecule has 0 amide bonds. The van der Waals surface area contributed by atoms with Gasteiger partial charge in [-0.3, -0.25) is 9.52 Å². The molecule has 0 aromatic carbocycles. The van der Waals surface area contributed by atoms with E-state index in [4.69, 9.17) is 14.6 Å². The van der Waals surface area contributed by atoms with E-state index in [1.807, 2.05) is 4.72 Å². The SMILES string of the molecule is COc1cc(OC)nc(NS(=O)(=O)CC(=O)O)n1. The molecule has 0 radical (unpaired) electrons. The molecule has 2 N–H and O–H groups in total. The number of hydrogen-bond donors (Lipinski definition) is 2. The van der Waals surface area contributed by atoms with Crippen LogP contribution in [0.3, 0.4) is 0 Å². The number of rotatable bonds is 6. The molecule has 18 heavy (non-hydrogen) atoms. The maximum atomic E-state index is 11.4. The maximum absolute atomic E-state index is 11.4. The number of ether oxygens (including phenoxy) is 2. The smallest absolute Gasteiger partial charge is 0.320 e. The van der Waals surface area contributed by atoms with Crippen molar-refractivity contribution in [3.8, 4) is 11.8 Å². The molecule has 0 aliphatic rings. The van der Waals surface area contributed by atoms with Gasteiger partial charge in [-0.1, -0.05) is 0 Å². The van der Waals surface area contributed by atoms with Gasteiger partial charge in [0.15, 0.2) is 5.75 Å². The molecule has 0 saturated carbocycles. The lowest BCUT2D eigenvalue weighted by Crippen LogP contribution is -2.23. The molecule has 10 heteroatoms. The second-order valence-corrected chi connectivity index (χ2v) is 4.75. The second kappa shape index (κ2) is 5.49. The van der Waals surface area contributed by atoms with E-state index in [9.17, 15) is 13.2 Å². The van der Waals surface area contributed by atoms with Crippen molar-refractivity contribution in [3.05, 3.63) is 6.07 Å². The van der Waals surface area contributed by atoms with E-state index in [0.29, 0.717) is 0 Å². The largest absolute Gasteiger partial charge is 0.481 e. The van der Waals surface area contributed by atoms with Crippen LogP contribution >= 0.6 is 0 Å². The van der Waals surface area contributed by atoms with Crippen LogP contribution in [0.1, 0.15) is 0 Å². The van der Waals surface area contributed by atoms with Crippen molar-refractivity contribution in [2.75, 3.05) is 24.7 Å². The molecular formula is C8H11N3O6S. The highest BCUT2D eigenvalue weighted by Gasteiger charge is 2.18. The minimum absolute atomic E-state index is 0.0786. The molecule has 0 bridgehead atoms. The Morgan fingerprint density at radius 2 is 1.83 bits per heavy atom. The Morgan fingerprint density at radius 3 is 2.22 bits per heavy atom. The predicted octanol–water partition coefficient (Wildman–Crippen LogP) is -0.680. The van der Waals surface area contributed by atoms with Crippen molar-refractivity contribution in [2.45, 2.75) is 0 Å². The average molecular weight is 277 g/mol. The second-order valence-electron chi connectivity index (χ2n) is 3.03. The Balaban J connectivity index is 3.00. The number of sulfonamides is 1. The molecule has 1 aromatic heterocycles. The minimum atomic E-state index is -4.07. The highest BCUT2D eigenvalue weighted by molar-refractivity contribution is 7.93. The summed E-state index contributed by atoms with van der Waals surface area (Å²) in [6.45, 7) is 0. The molecule has 1 aromatic rings. The fourth-order valence-corrected chi connectivity index (χ4v) is 1.76. The summed E-state index contributed by atoms with van der Waals surface area (Å²) >= 11 is 0. The van der Waals surface area contributed by atoms with Crippen LogP contribution in [0.2, 0.25) is 0 Å². The lowest BCUT2D eigenvalue weighted by Gasteiger charge is -2.07. The molecule has 0 aliphatic carbocycles. The first-order chi connectivity index (χ1) is 8.36. The number of hydrogen-bond acceptors (Lipinski definition) is 7. The zero-order valence-electron chi connectivity index (χ0n) is 9.58. The molecule has 0 fully saturated rings. The number of nitrogens with zero attached hydrogens (tertiary/aromatic N) is 2. The summed E-state index contributed by atoms with van der Waals surface area (Å²) in [7, 11) is -1.41. The van der Waals surface area contributed by atoms with E-state index in [1.54, 1.807) is 0 Å². The van der Waals surface area contributed by atoms with Gasteiger partial charge in [-0.15, -0.1) is 0 Å². The van der Waals surface area contributed by atoms with Crippen molar-refractivity contribution < 1.29 is 27.8 Å². The van der Waals surface area contributed by atoms with Crippen LogP contribution < -0.4 is 14.2 Å². The zero-order chi connectivity index (χ0) is 13.8. The average Bonchev–Trinajstić information content (AvgIpc) is 2.25. The fraction of sp³-hybridized carbons (Fsp3) is 0.375. The van der Waals surface area contributed by atoms with Gasteiger partial charge in [0.25, 0.3) is 0 Å². The van der Waals surface area contributed by atoms with Gasteiger partial charge in [-0.25, -0.2) is 8.42 Å². The number of methoxy groups -OCH3 is 2. The number of carbonyl (C=O) groups is 1. The van der Waals surface area contributed by atoms with Crippen LogP contribution in [0.5, 0.6) is 11.8 Å². The van der Waals surface area contributed by atoms with E-state index in [-0.39, 0.29) is 17.7 Å². The van der Waals surface area contributed by atoms with Gasteiger partial charge in [0.1, 0.15) is 0 Å². The third kappa shape index (κ3) is 4.05. The van der Waals surface area contributed by atoms with E-state index in [2.05, 4.69) is 9.97 Å².